The molecule has 102 valence electrons. The fourth-order valence-electron chi connectivity index (χ4n) is 2.88. The molecule has 0 bridgehead atoms. The highest BCUT2D eigenvalue weighted by atomic mass is 79.9. The average Bonchev–Trinajstić information content (AvgIpc) is 2.74. The highest BCUT2D eigenvalue weighted by molar-refractivity contribution is 9.10. The molecule has 0 aliphatic carbocycles. The third-order valence-corrected chi connectivity index (χ3v) is 4.60. The third kappa shape index (κ3) is 1.78. The number of aromatic nitrogens is 2. The van der Waals surface area contributed by atoms with E-state index >= 15 is 0 Å². The maximum atomic E-state index is 5.46. The molecule has 2 aromatic rings. The second kappa shape index (κ2) is 4.44. The van der Waals surface area contributed by atoms with E-state index in [1.807, 2.05) is 6.07 Å². The molecule has 0 atom stereocenters. The van der Waals surface area contributed by atoms with E-state index in [-0.39, 0.29) is 5.41 Å². The number of anilines is 2. The molecule has 4 rings (SSSR count). The lowest BCUT2D eigenvalue weighted by Gasteiger charge is -2.38. The van der Waals surface area contributed by atoms with Gasteiger partial charge in [-0.15, -0.1) is 12.6 Å². The van der Waals surface area contributed by atoms with E-state index in [2.05, 4.69) is 55.6 Å². The van der Waals surface area contributed by atoms with Crippen molar-refractivity contribution in [2.75, 3.05) is 24.7 Å². The monoisotopic (exact) mass is 349 g/mol. The number of nitrogens with zero attached hydrogens (tertiary/aromatic N) is 3. The van der Waals surface area contributed by atoms with Gasteiger partial charge >= 0.3 is 0 Å². The molecule has 2 aliphatic heterocycles. The van der Waals surface area contributed by atoms with E-state index in [9.17, 15) is 0 Å². The van der Waals surface area contributed by atoms with Crippen LogP contribution in [0.2, 0.25) is 0 Å². The van der Waals surface area contributed by atoms with Crippen LogP contribution in [-0.4, -0.2) is 29.7 Å². The van der Waals surface area contributed by atoms with Gasteiger partial charge < -0.3 is 9.64 Å². The van der Waals surface area contributed by atoms with Gasteiger partial charge in [-0.2, -0.15) is 0 Å². The molecule has 3 heterocycles. The third-order valence-electron chi connectivity index (χ3n) is 3.91. The van der Waals surface area contributed by atoms with Crippen LogP contribution in [0.15, 0.2) is 40.0 Å². The van der Waals surface area contributed by atoms with Crippen LogP contribution < -0.4 is 4.90 Å². The normalized spacial score (nSPS) is 19.0. The number of benzene rings is 1. The van der Waals surface area contributed by atoms with Crippen molar-refractivity contribution >= 4 is 40.2 Å². The van der Waals surface area contributed by atoms with Crippen LogP contribution in [0.3, 0.4) is 0 Å². The summed E-state index contributed by atoms with van der Waals surface area (Å²) >= 11 is 7.82. The van der Waals surface area contributed by atoms with E-state index < -0.39 is 0 Å². The van der Waals surface area contributed by atoms with E-state index in [1.54, 1.807) is 12.4 Å². The quantitative estimate of drug-likeness (QED) is 0.803. The number of rotatable bonds is 1. The van der Waals surface area contributed by atoms with Crippen LogP contribution in [0.5, 0.6) is 0 Å². The van der Waals surface area contributed by atoms with Crippen molar-refractivity contribution in [3.8, 4) is 0 Å². The topological polar surface area (TPSA) is 38.2 Å². The van der Waals surface area contributed by atoms with Gasteiger partial charge in [0.2, 0.25) is 5.95 Å². The van der Waals surface area contributed by atoms with Crippen molar-refractivity contribution < 1.29 is 4.74 Å². The smallest absolute Gasteiger partial charge is 0.229 e. The lowest BCUT2D eigenvalue weighted by atomic mass is 9.81. The molecule has 0 N–H and O–H groups in total. The molecule has 0 saturated carbocycles. The summed E-state index contributed by atoms with van der Waals surface area (Å²) in [7, 11) is 0. The molecule has 1 saturated heterocycles. The Morgan fingerprint density at radius 2 is 2.00 bits per heavy atom. The lowest BCUT2D eigenvalue weighted by Crippen LogP contribution is -2.49. The molecule has 4 nitrogen and oxygen atoms in total. The number of halogens is 1. The van der Waals surface area contributed by atoms with Crippen molar-refractivity contribution in [3.63, 3.8) is 0 Å². The summed E-state index contributed by atoms with van der Waals surface area (Å²) in [6, 6.07) is 6.27. The number of hydrogen-bond acceptors (Lipinski definition) is 5. The molecule has 0 amide bonds. The van der Waals surface area contributed by atoms with Gasteiger partial charge in [-0.3, -0.25) is 0 Å². The Bertz CT molecular complexity index is 673. The Morgan fingerprint density at radius 3 is 2.65 bits per heavy atom. The van der Waals surface area contributed by atoms with Crippen LogP contribution in [0.25, 0.3) is 0 Å². The molecular weight excluding hydrogens is 338 g/mol. The Labute approximate surface area is 130 Å². The zero-order valence-corrected chi connectivity index (χ0v) is 13.1. The fraction of sp³-hybridized carbons (Fsp3) is 0.286. The first kappa shape index (κ1) is 12.6. The summed E-state index contributed by atoms with van der Waals surface area (Å²) in [4.78, 5) is 11.9. The number of fused-ring (bicyclic) bond motifs is 2. The molecule has 1 aromatic carbocycles. The van der Waals surface area contributed by atoms with Crippen molar-refractivity contribution in [3.05, 3.63) is 40.6 Å². The molecular formula is C14H12BrN3OS. The molecule has 1 fully saturated rings. The minimum absolute atomic E-state index is 0.0905. The molecule has 1 spiro atoms. The number of thiol groups is 1. The molecule has 0 unspecified atom stereocenters. The standard InChI is InChI=1S/C14H12BrN3OS/c15-9-4-16-13(17-5-9)18-6-14(7-19-8-14)11-2-1-10(20)3-12(11)18/h1-5,20H,6-8H2. The van der Waals surface area contributed by atoms with Crippen LogP contribution in [0.1, 0.15) is 5.56 Å². The molecule has 20 heavy (non-hydrogen) atoms. The molecule has 1 aromatic heterocycles. The maximum Gasteiger partial charge on any atom is 0.229 e. The van der Waals surface area contributed by atoms with Crippen molar-refractivity contribution in [1.29, 1.82) is 0 Å². The number of ether oxygens (including phenoxy) is 1. The van der Waals surface area contributed by atoms with Gasteiger partial charge in [-0.1, -0.05) is 6.07 Å². The Kier molecular flexibility index (Phi) is 2.80. The first-order valence-corrected chi connectivity index (χ1v) is 7.58. The Balaban J connectivity index is 1.83. The zero-order chi connectivity index (χ0) is 13.7. The van der Waals surface area contributed by atoms with Crippen LogP contribution >= 0.6 is 28.6 Å². The zero-order valence-electron chi connectivity index (χ0n) is 10.6. The van der Waals surface area contributed by atoms with Gasteiger partial charge in [-0.05, 0) is 33.6 Å². The second-order valence-corrected chi connectivity index (χ2v) is 6.69. The van der Waals surface area contributed by atoms with E-state index in [4.69, 9.17) is 4.74 Å². The summed E-state index contributed by atoms with van der Waals surface area (Å²) < 4.78 is 6.34. The highest BCUT2D eigenvalue weighted by Gasteiger charge is 2.49. The predicted octanol–water partition coefficient (Wildman–Crippen LogP) is 2.95. The summed E-state index contributed by atoms with van der Waals surface area (Å²) in [6.45, 7) is 2.39. The number of hydrogen-bond donors (Lipinski definition) is 1. The summed E-state index contributed by atoms with van der Waals surface area (Å²) in [5.41, 5.74) is 2.55. The summed E-state index contributed by atoms with van der Waals surface area (Å²) in [5.74, 6) is 0.720. The van der Waals surface area contributed by atoms with Gasteiger partial charge in [0.25, 0.3) is 0 Å². The van der Waals surface area contributed by atoms with E-state index in [1.165, 1.54) is 5.56 Å². The van der Waals surface area contributed by atoms with Crippen LogP contribution in [0.4, 0.5) is 11.6 Å². The Hall–Kier alpha value is -1.11. The minimum Gasteiger partial charge on any atom is -0.379 e. The second-order valence-electron chi connectivity index (χ2n) is 5.26. The van der Waals surface area contributed by atoms with Gasteiger partial charge in [0, 0.05) is 29.5 Å². The average molecular weight is 350 g/mol. The lowest BCUT2D eigenvalue weighted by molar-refractivity contribution is -0.0507. The first-order chi connectivity index (χ1) is 9.68. The highest BCUT2D eigenvalue weighted by Crippen LogP contribution is 2.47. The van der Waals surface area contributed by atoms with Gasteiger partial charge in [-0.25, -0.2) is 9.97 Å². The SMILES string of the molecule is Sc1ccc2c(c1)N(c1ncc(Br)cn1)CC21COC1. The van der Waals surface area contributed by atoms with Crippen molar-refractivity contribution in [2.45, 2.75) is 10.3 Å². The van der Waals surface area contributed by atoms with Gasteiger partial charge in [0.1, 0.15) is 0 Å². The van der Waals surface area contributed by atoms with E-state index in [0.29, 0.717) is 0 Å². The van der Waals surface area contributed by atoms with Crippen molar-refractivity contribution in [2.24, 2.45) is 0 Å². The first-order valence-electron chi connectivity index (χ1n) is 6.34. The van der Waals surface area contributed by atoms with Gasteiger partial charge in [0.15, 0.2) is 0 Å². The fourth-order valence-corrected chi connectivity index (χ4v) is 3.28. The van der Waals surface area contributed by atoms with Crippen LogP contribution in [-0.2, 0) is 10.2 Å². The predicted molar refractivity (Wildman–Crippen MR) is 82.9 cm³/mol. The molecule has 6 heteroatoms. The van der Waals surface area contributed by atoms with Crippen LogP contribution in [0, 0.1) is 0 Å². The largest absolute Gasteiger partial charge is 0.379 e. The Morgan fingerprint density at radius 1 is 1.25 bits per heavy atom. The molecule has 2 aliphatic rings. The maximum absolute atomic E-state index is 5.46. The minimum atomic E-state index is 0.0905. The van der Waals surface area contributed by atoms with Crippen molar-refractivity contribution in [1.82, 2.24) is 9.97 Å². The summed E-state index contributed by atoms with van der Waals surface area (Å²) in [5, 5.41) is 0. The summed E-state index contributed by atoms with van der Waals surface area (Å²) in [6.07, 6.45) is 3.55. The van der Waals surface area contributed by atoms with E-state index in [0.717, 1.165) is 40.8 Å². The van der Waals surface area contributed by atoms with Gasteiger partial charge in [0.05, 0.1) is 23.1 Å². The molecule has 0 radical (unpaired) electrons.